The molecule has 104 valence electrons. The molecule has 5 nitrogen and oxygen atoms in total. The summed E-state index contributed by atoms with van der Waals surface area (Å²) in [6.07, 6.45) is 0. The fraction of sp³-hybridized carbons (Fsp3) is 0.273. The van der Waals surface area contributed by atoms with Crippen molar-refractivity contribution in [3.05, 3.63) is 38.7 Å². The zero-order valence-corrected chi connectivity index (χ0v) is 13.4. The van der Waals surface area contributed by atoms with Crippen LogP contribution >= 0.6 is 27.3 Å². The Balaban J connectivity index is 2.19. The number of hydrogen-bond donors (Lipinski definition) is 1. The Labute approximate surface area is 124 Å². The molecule has 2 aromatic heterocycles. The minimum atomic E-state index is -3.61. The van der Waals surface area contributed by atoms with Crippen molar-refractivity contribution in [3.63, 3.8) is 0 Å². The van der Waals surface area contributed by atoms with Crippen LogP contribution in [0.15, 0.2) is 37.6 Å². The number of rotatable bonds is 5. The van der Waals surface area contributed by atoms with E-state index >= 15 is 0 Å². The highest BCUT2D eigenvalue weighted by molar-refractivity contribution is 9.10. The Morgan fingerprint density at radius 3 is 2.74 bits per heavy atom. The van der Waals surface area contributed by atoms with Crippen LogP contribution < -0.4 is 5.73 Å². The third-order valence-corrected chi connectivity index (χ3v) is 5.86. The summed E-state index contributed by atoms with van der Waals surface area (Å²) in [6, 6.07) is 4.89. The topological polar surface area (TPSA) is 76.5 Å². The van der Waals surface area contributed by atoms with Crippen molar-refractivity contribution >= 4 is 37.3 Å². The SMILES string of the molecule is CN(Cc1cc(Br)cs1)S(=O)(=O)c1ccc(CN)o1. The fourth-order valence-corrected chi connectivity index (χ4v) is 4.16. The summed E-state index contributed by atoms with van der Waals surface area (Å²) in [5.74, 6) is 0.450. The molecule has 0 spiro atoms. The van der Waals surface area contributed by atoms with Crippen LogP contribution in [0.25, 0.3) is 0 Å². The predicted octanol–water partition coefficient (Wildman–Crippen LogP) is 2.38. The molecule has 0 amide bonds. The van der Waals surface area contributed by atoms with E-state index in [0.29, 0.717) is 12.3 Å². The number of halogens is 1. The van der Waals surface area contributed by atoms with Crippen molar-refractivity contribution < 1.29 is 12.8 Å². The maximum atomic E-state index is 12.3. The Morgan fingerprint density at radius 1 is 1.47 bits per heavy atom. The normalized spacial score (nSPS) is 12.2. The molecule has 0 aromatic carbocycles. The highest BCUT2D eigenvalue weighted by Crippen LogP contribution is 2.24. The second-order valence-electron chi connectivity index (χ2n) is 3.92. The summed E-state index contributed by atoms with van der Waals surface area (Å²) in [5, 5.41) is 1.83. The average molecular weight is 365 g/mol. The molecule has 0 bridgehead atoms. The lowest BCUT2D eigenvalue weighted by molar-refractivity contribution is 0.388. The molecule has 2 aromatic rings. The van der Waals surface area contributed by atoms with Crippen LogP contribution in [0.2, 0.25) is 0 Å². The molecule has 2 heterocycles. The van der Waals surface area contributed by atoms with E-state index in [1.165, 1.54) is 28.8 Å². The first kappa shape index (κ1) is 14.7. The van der Waals surface area contributed by atoms with Gasteiger partial charge in [-0.05, 0) is 34.1 Å². The summed E-state index contributed by atoms with van der Waals surface area (Å²) in [4.78, 5) is 0.948. The second kappa shape index (κ2) is 5.76. The first-order chi connectivity index (χ1) is 8.93. The van der Waals surface area contributed by atoms with Gasteiger partial charge in [-0.3, -0.25) is 0 Å². The van der Waals surface area contributed by atoms with Gasteiger partial charge in [0.25, 0.3) is 10.0 Å². The highest BCUT2D eigenvalue weighted by Gasteiger charge is 2.24. The van der Waals surface area contributed by atoms with Crippen molar-refractivity contribution in [1.82, 2.24) is 4.31 Å². The summed E-state index contributed by atoms with van der Waals surface area (Å²) in [6.45, 7) is 0.481. The van der Waals surface area contributed by atoms with E-state index < -0.39 is 10.0 Å². The third kappa shape index (κ3) is 3.26. The average Bonchev–Trinajstić information content (AvgIpc) is 2.98. The van der Waals surface area contributed by atoms with Crippen molar-refractivity contribution in [3.8, 4) is 0 Å². The molecule has 0 atom stereocenters. The molecular weight excluding hydrogens is 352 g/mol. The van der Waals surface area contributed by atoms with E-state index in [-0.39, 0.29) is 11.6 Å². The zero-order valence-electron chi connectivity index (χ0n) is 10.2. The van der Waals surface area contributed by atoms with Crippen LogP contribution in [0.1, 0.15) is 10.6 Å². The number of hydrogen-bond acceptors (Lipinski definition) is 5. The molecule has 2 rings (SSSR count). The van der Waals surface area contributed by atoms with Gasteiger partial charge in [0.15, 0.2) is 0 Å². The molecule has 0 saturated heterocycles. The van der Waals surface area contributed by atoms with Gasteiger partial charge in [0.05, 0.1) is 6.54 Å². The molecule has 0 radical (unpaired) electrons. The fourth-order valence-electron chi connectivity index (χ4n) is 1.50. The minimum Gasteiger partial charge on any atom is -0.447 e. The molecule has 0 saturated carbocycles. The Hall–Kier alpha value is -0.670. The molecule has 0 aliphatic heterocycles. The van der Waals surface area contributed by atoms with Crippen LogP contribution in [0.5, 0.6) is 0 Å². The van der Waals surface area contributed by atoms with Crippen LogP contribution in [0.3, 0.4) is 0 Å². The van der Waals surface area contributed by atoms with Gasteiger partial charge >= 0.3 is 0 Å². The van der Waals surface area contributed by atoms with E-state index in [0.717, 1.165) is 9.35 Å². The lowest BCUT2D eigenvalue weighted by Crippen LogP contribution is -2.25. The van der Waals surface area contributed by atoms with Crippen LogP contribution in [-0.2, 0) is 23.1 Å². The third-order valence-electron chi connectivity index (χ3n) is 2.50. The number of furan rings is 1. The lowest BCUT2D eigenvalue weighted by Gasteiger charge is -2.14. The molecule has 2 N–H and O–H groups in total. The van der Waals surface area contributed by atoms with Gasteiger partial charge < -0.3 is 10.2 Å². The van der Waals surface area contributed by atoms with Gasteiger partial charge in [0.2, 0.25) is 5.09 Å². The lowest BCUT2D eigenvalue weighted by atomic mass is 10.5. The highest BCUT2D eigenvalue weighted by atomic mass is 79.9. The summed E-state index contributed by atoms with van der Waals surface area (Å²) >= 11 is 4.84. The van der Waals surface area contributed by atoms with Gasteiger partial charge in [-0.25, -0.2) is 8.42 Å². The van der Waals surface area contributed by atoms with Gasteiger partial charge in [-0.15, -0.1) is 11.3 Å². The van der Waals surface area contributed by atoms with E-state index in [1.807, 2.05) is 11.4 Å². The summed E-state index contributed by atoms with van der Waals surface area (Å²) < 4.78 is 31.9. The van der Waals surface area contributed by atoms with Crippen LogP contribution in [0, 0.1) is 0 Å². The largest absolute Gasteiger partial charge is 0.447 e. The van der Waals surface area contributed by atoms with E-state index in [2.05, 4.69) is 15.9 Å². The Morgan fingerprint density at radius 2 is 2.21 bits per heavy atom. The zero-order chi connectivity index (χ0) is 14.0. The van der Waals surface area contributed by atoms with Crippen LogP contribution in [0.4, 0.5) is 0 Å². The summed E-state index contributed by atoms with van der Waals surface area (Å²) in [5.41, 5.74) is 5.40. The van der Waals surface area contributed by atoms with Gasteiger partial charge in [-0.2, -0.15) is 4.31 Å². The molecular formula is C11H13BrN2O3S2. The van der Waals surface area contributed by atoms with Crippen molar-refractivity contribution in [2.24, 2.45) is 5.73 Å². The quantitative estimate of drug-likeness (QED) is 0.883. The molecule has 0 fully saturated rings. The number of nitrogens with zero attached hydrogens (tertiary/aromatic N) is 1. The monoisotopic (exact) mass is 364 g/mol. The number of thiophene rings is 1. The van der Waals surface area contributed by atoms with E-state index in [4.69, 9.17) is 10.2 Å². The Bertz CT molecular complexity index is 663. The molecule has 0 unspecified atom stereocenters. The second-order valence-corrected chi connectivity index (χ2v) is 7.80. The van der Waals surface area contributed by atoms with Crippen LogP contribution in [-0.4, -0.2) is 19.8 Å². The molecule has 0 aliphatic rings. The van der Waals surface area contributed by atoms with Crippen molar-refractivity contribution in [2.75, 3.05) is 7.05 Å². The smallest absolute Gasteiger partial charge is 0.276 e. The van der Waals surface area contributed by atoms with E-state index in [1.54, 1.807) is 6.07 Å². The van der Waals surface area contributed by atoms with Crippen molar-refractivity contribution in [1.29, 1.82) is 0 Å². The first-order valence-corrected chi connectivity index (χ1v) is 8.53. The number of nitrogens with two attached hydrogens (primary N) is 1. The maximum Gasteiger partial charge on any atom is 0.276 e. The van der Waals surface area contributed by atoms with Gasteiger partial charge in [0, 0.05) is 28.3 Å². The summed E-state index contributed by atoms with van der Waals surface area (Å²) in [7, 11) is -2.09. The van der Waals surface area contributed by atoms with E-state index in [9.17, 15) is 8.42 Å². The minimum absolute atomic E-state index is 0.0777. The maximum absolute atomic E-state index is 12.3. The number of sulfonamides is 1. The standard InChI is InChI=1S/C11H13BrN2O3S2/c1-14(6-10-4-8(12)7-18-10)19(15,16)11-3-2-9(5-13)17-11/h2-4,7H,5-6,13H2,1H3. The van der Waals surface area contributed by atoms with Gasteiger partial charge in [-0.1, -0.05) is 0 Å². The van der Waals surface area contributed by atoms with Crippen molar-refractivity contribution in [2.45, 2.75) is 18.2 Å². The first-order valence-electron chi connectivity index (χ1n) is 5.41. The molecule has 0 aliphatic carbocycles. The van der Waals surface area contributed by atoms with Gasteiger partial charge in [0.1, 0.15) is 5.76 Å². The Kier molecular flexibility index (Phi) is 4.46. The molecule has 8 heteroatoms. The predicted molar refractivity (Wildman–Crippen MR) is 77.3 cm³/mol. The molecule has 19 heavy (non-hydrogen) atoms.